The van der Waals surface area contributed by atoms with Crippen LogP contribution >= 0.6 is 0 Å². The summed E-state index contributed by atoms with van der Waals surface area (Å²) in [7, 11) is 0. The standard InChI is InChI=1S/C22H46N2/c1-7-11-13-20(12-8-2)16-24-21(9-3)17-23(15-14-19(5)6)18-22(24)10-4/h19-22H,7-18H2,1-6H3/t20?,21-,22+. The molecule has 1 heterocycles. The van der Waals surface area contributed by atoms with E-state index in [-0.39, 0.29) is 0 Å². The summed E-state index contributed by atoms with van der Waals surface area (Å²) < 4.78 is 0. The molecule has 1 aliphatic heterocycles. The lowest BCUT2D eigenvalue weighted by molar-refractivity contribution is 0.00531. The Hall–Kier alpha value is -0.0800. The van der Waals surface area contributed by atoms with E-state index < -0.39 is 0 Å². The van der Waals surface area contributed by atoms with Gasteiger partial charge in [-0.25, -0.2) is 0 Å². The van der Waals surface area contributed by atoms with Crippen LogP contribution in [-0.4, -0.2) is 48.1 Å². The van der Waals surface area contributed by atoms with E-state index in [1.165, 1.54) is 77.5 Å². The van der Waals surface area contributed by atoms with Gasteiger partial charge in [-0.1, -0.05) is 60.8 Å². The predicted octanol–water partition coefficient (Wildman–Crippen LogP) is 5.81. The number of unbranched alkanes of at least 4 members (excludes halogenated alkanes) is 1. The number of piperazine rings is 1. The molecule has 0 amide bonds. The first-order valence-electron chi connectivity index (χ1n) is 11.0. The largest absolute Gasteiger partial charge is 0.300 e. The molecule has 0 aliphatic carbocycles. The van der Waals surface area contributed by atoms with Crippen LogP contribution in [0.25, 0.3) is 0 Å². The van der Waals surface area contributed by atoms with Gasteiger partial charge in [0.25, 0.3) is 0 Å². The van der Waals surface area contributed by atoms with Crippen molar-refractivity contribution in [1.82, 2.24) is 9.80 Å². The number of rotatable bonds is 12. The summed E-state index contributed by atoms with van der Waals surface area (Å²) in [5.41, 5.74) is 0. The van der Waals surface area contributed by atoms with Crippen LogP contribution in [0.3, 0.4) is 0 Å². The first-order chi connectivity index (χ1) is 11.5. The van der Waals surface area contributed by atoms with Gasteiger partial charge in [-0.05, 0) is 50.5 Å². The third-order valence-corrected chi connectivity index (χ3v) is 5.97. The molecule has 3 atom stereocenters. The lowest BCUT2D eigenvalue weighted by Gasteiger charge is -2.48. The van der Waals surface area contributed by atoms with Crippen molar-refractivity contribution in [2.45, 2.75) is 105 Å². The highest BCUT2D eigenvalue weighted by atomic mass is 15.3. The molecule has 1 rings (SSSR count). The highest BCUT2D eigenvalue weighted by Gasteiger charge is 2.33. The molecule has 24 heavy (non-hydrogen) atoms. The van der Waals surface area contributed by atoms with Gasteiger partial charge in [-0.3, -0.25) is 4.90 Å². The molecule has 0 saturated carbocycles. The van der Waals surface area contributed by atoms with Crippen molar-refractivity contribution in [2.75, 3.05) is 26.2 Å². The topological polar surface area (TPSA) is 6.48 Å². The fourth-order valence-corrected chi connectivity index (χ4v) is 4.35. The van der Waals surface area contributed by atoms with Crippen molar-refractivity contribution in [3.05, 3.63) is 0 Å². The maximum absolute atomic E-state index is 2.92. The van der Waals surface area contributed by atoms with Gasteiger partial charge in [0.15, 0.2) is 0 Å². The average molecular weight is 339 g/mol. The molecule has 0 spiro atoms. The maximum atomic E-state index is 2.92. The van der Waals surface area contributed by atoms with Gasteiger partial charge in [0.05, 0.1) is 0 Å². The molecule has 0 aromatic heterocycles. The smallest absolute Gasteiger partial charge is 0.0224 e. The minimum absolute atomic E-state index is 0.775. The van der Waals surface area contributed by atoms with Crippen LogP contribution in [0.1, 0.15) is 92.9 Å². The second kappa shape index (κ2) is 12.3. The fourth-order valence-electron chi connectivity index (χ4n) is 4.35. The van der Waals surface area contributed by atoms with Crippen LogP contribution < -0.4 is 0 Å². The quantitative estimate of drug-likeness (QED) is 0.443. The fraction of sp³-hybridized carbons (Fsp3) is 1.00. The van der Waals surface area contributed by atoms with Crippen molar-refractivity contribution < 1.29 is 0 Å². The van der Waals surface area contributed by atoms with Gasteiger partial charge in [0.1, 0.15) is 0 Å². The average Bonchev–Trinajstić information content (AvgIpc) is 2.58. The van der Waals surface area contributed by atoms with Crippen LogP contribution in [-0.2, 0) is 0 Å². The van der Waals surface area contributed by atoms with E-state index in [0.717, 1.165) is 23.9 Å². The van der Waals surface area contributed by atoms with Crippen LogP contribution in [0, 0.1) is 11.8 Å². The summed E-state index contributed by atoms with van der Waals surface area (Å²) in [6.45, 7) is 19.4. The molecule has 2 heteroatoms. The summed E-state index contributed by atoms with van der Waals surface area (Å²) in [6.07, 6.45) is 10.9. The maximum Gasteiger partial charge on any atom is 0.0224 e. The normalized spacial score (nSPS) is 24.6. The number of hydrogen-bond acceptors (Lipinski definition) is 2. The molecule has 144 valence electrons. The first kappa shape index (κ1) is 22.0. The van der Waals surface area contributed by atoms with E-state index >= 15 is 0 Å². The molecule has 0 bridgehead atoms. The van der Waals surface area contributed by atoms with E-state index in [1.807, 2.05) is 0 Å². The van der Waals surface area contributed by atoms with Crippen LogP contribution in [0.5, 0.6) is 0 Å². The van der Waals surface area contributed by atoms with Crippen LogP contribution in [0.4, 0.5) is 0 Å². The SMILES string of the molecule is CCCCC(CCC)CN1[C@H](CC)CN(CCC(C)C)C[C@@H]1CC. The first-order valence-corrected chi connectivity index (χ1v) is 11.0. The van der Waals surface area contributed by atoms with Crippen molar-refractivity contribution in [2.24, 2.45) is 11.8 Å². The molecule has 0 radical (unpaired) electrons. The highest BCUT2D eigenvalue weighted by molar-refractivity contribution is 4.89. The second-order valence-corrected chi connectivity index (χ2v) is 8.56. The third-order valence-electron chi connectivity index (χ3n) is 5.97. The van der Waals surface area contributed by atoms with E-state index in [9.17, 15) is 0 Å². The van der Waals surface area contributed by atoms with Crippen molar-refractivity contribution in [1.29, 1.82) is 0 Å². The number of hydrogen-bond donors (Lipinski definition) is 0. The van der Waals surface area contributed by atoms with Gasteiger partial charge >= 0.3 is 0 Å². The molecule has 1 aliphatic rings. The molecule has 1 saturated heterocycles. The van der Waals surface area contributed by atoms with E-state index in [2.05, 4.69) is 51.3 Å². The van der Waals surface area contributed by atoms with Gasteiger partial charge in [-0.2, -0.15) is 0 Å². The molecule has 1 unspecified atom stereocenters. The minimum atomic E-state index is 0.775. The Morgan fingerprint density at radius 3 is 1.92 bits per heavy atom. The molecule has 0 aromatic rings. The Morgan fingerprint density at radius 2 is 1.46 bits per heavy atom. The van der Waals surface area contributed by atoms with Gasteiger partial charge in [0.2, 0.25) is 0 Å². The van der Waals surface area contributed by atoms with Gasteiger partial charge in [0, 0.05) is 31.7 Å². The van der Waals surface area contributed by atoms with Crippen molar-refractivity contribution >= 4 is 0 Å². The Balaban J connectivity index is 2.68. The lowest BCUT2D eigenvalue weighted by atomic mass is 9.92. The summed E-state index contributed by atoms with van der Waals surface area (Å²) in [4.78, 5) is 5.68. The molecule has 1 fully saturated rings. The summed E-state index contributed by atoms with van der Waals surface area (Å²) >= 11 is 0. The van der Waals surface area contributed by atoms with Crippen molar-refractivity contribution in [3.8, 4) is 0 Å². The molecule has 2 nitrogen and oxygen atoms in total. The second-order valence-electron chi connectivity index (χ2n) is 8.56. The Bertz CT molecular complexity index is 288. The predicted molar refractivity (Wildman–Crippen MR) is 109 cm³/mol. The Kier molecular flexibility index (Phi) is 11.3. The van der Waals surface area contributed by atoms with E-state index in [4.69, 9.17) is 0 Å². The monoisotopic (exact) mass is 338 g/mol. The summed E-state index contributed by atoms with van der Waals surface area (Å²) in [5.74, 6) is 1.74. The zero-order valence-corrected chi connectivity index (χ0v) is 17.7. The summed E-state index contributed by atoms with van der Waals surface area (Å²) in [6, 6.07) is 1.55. The van der Waals surface area contributed by atoms with E-state index in [0.29, 0.717) is 0 Å². The third kappa shape index (κ3) is 7.44. The molecular weight excluding hydrogens is 292 g/mol. The highest BCUT2D eigenvalue weighted by Crippen LogP contribution is 2.26. The lowest BCUT2D eigenvalue weighted by Crippen LogP contribution is -2.59. The van der Waals surface area contributed by atoms with Crippen LogP contribution in [0.15, 0.2) is 0 Å². The van der Waals surface area contributed by atoms with Gasteiger partial charge < -0.3 is 4.90 Å². The summed E-state index contributed by atoms with van der Waals surface area (Å²) in [5, 5.41) is 0. The van der Waals surface area contributed by atoms with E-state index in [1.54, 1.807) is 0 Å². The molecule has 0 aromatic carbocycles. The minimum Gasteiger partial charge on any atom is -0.300 e. The van der Waals surface area contributed by atoms with Crippen molar-refractivity contribution in [3.63, 3.8) is 0 Å². The number of nitrogens with zero attached hydrogens (tertiary/aromatic N) is 2. The zero-order valence-electron chi connectivity index (χ0n) is 17.7. The molecular formula is C22H46N2. The molecule has 0 N–H and O–H groups in total. The van der Waals surface area contributed by atoms with Gasteiger partial charge in [-0.15, -0.1) is 0 Å². The Morgan fingerprint density at radius 1 is 0.833 bits per heavy atom. The Labute approximate surface area is 153 Å². The van der Waals surface area contributed by atoms with Crippen LogP contribution in [0.2, 0.25) is 0 Å². The zero-order chi connectivity index (χ0) is 17.9.